The highest BCUT2D eigenvalue weighted by molar-refractivity contribution is 7.09. The van der Waals surface area contributed by atoms with Crippen LogP contribution in [0, 0.1) is 18.8 Å². The maximum absolute atomic E-state index is 11.7. The minimum Gasteiger partial charge on any atom is -0.396 e. The van der Waals surface area contributed by atoms with Gasteiger partial charge >= 0.3 is 6.03 Å². The highest BCUT2D eigenvalue weighted by atomic mass is 32.1. The van der Waals surface area contributed by atoms with Crippen LogP contribution in [-0.2, 0) is 6.54 Å². The summed E-state index contributed by atoms with van der Waals surface area (Å²) >= 11 is 1.55. The van der Waals surface area contributed by atoms with Crippen LogP contribution in [-0.4, -0.2) is 29.3 Å². The summed E-state index contributed by atoms with van der Waals surface area (Å²) in [5.74, 6) is 0.896. The maximum atomic E-state index is 11.7. The van der Waals surface area contributed by atoms with E-state index in [2.05, 4.69) is 29.5 Å². The van der Waals surface area contributed by atoms with E-state index in [9.17, 15) is 4.79 Å². The number of nitrogens with one attached hydrogen (secondary N) is 2. The summed E-state index contributed by atoms with van der Waals surface area (Å²) in [4.78, 5) is 17.0. The van der Waals surface area contributed by atoms with E-state index in [0.29, 0.717) is 24.9 Å². The maximum Gasteiger partial charge on any atom is 0.315 e. The third-order valence-electron chi connectivity index (χ3n) is 3.15. The molecule has 114 valence electrons. The lowest BCUT2D eigenvalue weighted by atomic mass is 9.94. The molecule has 1 aromatic rings. The number of aromatic nitrogens is 1. The van der Waals surface area contributed by atoms with Gasteiger partial charge in [-0.3, -0.25) is 0 Å². The molecule has 1 heterocycles. The van der Waals surface area contributed by atoms with Gasteiger partial charge in [-0.05, 0) is 31.6 Å². The Kier molecular flexibility index (Phi) is 7.54. The molecule has 0 fully saturated rings. The Bertz CT molecular complexity index is 407. The van der Waals surface area contributed by atoms with Gasteiger partial charge in [0.25, 0.3) is 0 Å². The number of amides is 2. The third-order valence-corrected chi connectivity index (χ3v) is 4.08. The molecule has 0 aliphatic rings. The summed E-state index contributed by atoms with van der Waals surface area (Å²) in [6.45, 7) is 7.52. The summed E-state index contributed by atoms with van der Waals surface area (Å²) in [5, 5.41) is 14.8. The van der Waals surface area contributed by atoms with Gasteiger partial charge in [-0.2, -0.15) is 0 Å². The monoisotopic (exact) mass is 299 g/mol. The number of aliphatic hydroxyl groups is 1. The van der Waals surface area contributed by atoms with Crippen LogP contribution in [0.5, 0.6) is 0 Å². The molecule has 0 radical (unpaired) electrons. The number of carbonyl (C=O) groups excluding carboxylic acids is 1. The van der Waals surface area contributed by atoms with Crippen LogP contribution in [0.3, 0.4) is 0 Å². The predicted molar refractivity (Wildman–Crippen MR) is 81.7 cm³/mol. The summed E-state index contributed by atoms with van der Waals surface area (Å²) in [5.41, 5.74) is 2.75. The van der Waals surface area contributed by atoms with Crippen molar-refractivity contribution in [3.05, 3.63) is 16.1 Å². The van der Waals surface area contributed by atoms with Crippen LogP contribution in [0.25, 0.3) is 0 Å². The molecule has 0 aromatic carbocycles. The Balaban J connectivity index is 2.28. The summed E-state index contributed by atoms with van der Waals surface area (Å²) < 4.78 is 0. The van der Waals surface area contributed by atoms with Crippen LogP contribution >= 0.6 is 11.3 Å². The summed E-state index contributed by atoms with van der Waals surface area (Å²) in [6.07, 6.45) is 1.74. The lowest BCUT2D eigenvalue weighted by Gasteiger charge is -2.18. The van der Waals surface area contributed by atoms with E-state index in [0.717, 1.165) is 23.4 Å². The number of hydrogen-bond donors (Lipinski definition) is 3. The minimum absolute atomic E-state index is 0.163. The highest BCUT2D eigenvalue weighted by Gasteiger charge is 2.12. The van der Waals surface area contributed by atoms with Gasteiger partial charge in [0.05, 0.1) is 17.7 Å². The zero-order chi connectivity index (χ0) is 15.0. The number of carbonyl (C=O) groups is 1. The van der Waals surface area contributed by atoms with Gasteiger partial charge < -0.3 is 15.7 Å². The van der Waals surface area contributed by atoms with Gasteiger partial charge in [0, 0.05) is 18.0 Å². The number of rotatable bonds is 8. The number of nitrogens with zero attached hydrogens (tertiary/aromatic N) is 1. The molecule has 2 amide bonds. The molecule has 1 atom stereocenters. The fourth-order valence-corrected chi connectivity index (χ4v) is 2.83. The first-order chi connectivity index (χ1) is 9.52. The van der Waals surface area contributed by atoms with Crippen molar-refractivity contribution in [3.8, 4) is 0 Å². The average molecular weight is 299 g/mol. The molecular weight excluding hydrogens is 274 g/mol. The van der Waals surface area contributed by atoms with Crippen molar-refractivity contribution in [2.45, 2.75) is 40.2 Å². The first-order valence-corrected chi connectivity index (χ1v) is 7.92. The van der Waals surface area contributed by atoms with E-state index in [4.69, 9.17) is 5.11 Å². The number of aryl methyl sites for hydroxylation is 1. The fourth-order valence-electron chi connectivity index (χ4n) is 2.11. The van der Waals surface area contributed by atoms with Gasteiger partial charge in [0.15, 0.2) is 0 Å². The second-order valence-electron chi connectivity index (χ2n) is 5.43. The zero-order valence-corrected chi connectivity index (χ0v) is 13.3. The molecule has 20 heavy (non-hydrogen) atoms. The lowest BCUT2D eigenvalue weighted by Crippen LogP contribution is -2.38. The van der Waals surface area contributed by atoms with Crippen LogP contribution in [0.4, 0.5) is 4.79 Å². The Labute approximate surface area is 124 Å². The van der Waals surface area contributed by atoms with Gasteiger partial charge in [-0.25, -0.2) is 9.78 Å². The lowest BCUT2D eigenvalue weighted by molar-refractivity contribution is 0.225. The molecule has 1 aromatic heterocycles. The summed E-state index contributed by atoms with van der Waals surface area (Å²) in [6, 6.07) is -0.163. The van der Waals surface area contributed by atoms with Crippen molar-refractivity contribution < 1.29 is 9.90 Å². The highest BCUT2D eigenvalue weighted by Crippen LogP contribution is 2.14. The molecule has 1 unspecified atom stereocenters. The average Bonchev–Trinajstić information content (AvgIpc) is 2.79. The Morgan fingerprint density at radius 2 is 2.20 bits per heavy atom. The van der Waals surface area contributed by atoms with E-state index >= 15 is 0 Å². The fraction of sp³-hybridized carbons (Fsp3) is 0.714. The standard InChI is InChI=1S/C14H25N3O2S/c1-10(2)6-12(4-5-18)7-15-14(19)16-8-13-11(3)17-9-20-13/h9-10,12,18H,4-8H2,1-3H3,(H2,15,16,19). The molecule has 0 aliphatic carbocycles. The molecule has 1 rings (SSSR count). The van der Waals surface area contributed by atoms with Crippen LogP contribution in [0.2, 0.25) is 0 Å². The Morgan fingerprint density at radius 3 is 2.75 bits per heavy atom. The van der Waals surface area contributed by atoms with Crippen molar-refractivity contribution in [1.82, 2.24) is 15.6 Å². The topological polar surface area (TPSA) is 74.2 Å². The SMILES string of the molecule is Cc1ncsc1CNC(=O)NCC(CCO)CC(C)C. The van der Waals surface area contributed by atoms with Gasteiger partial charge in [0.2, 0.25) is 0 Å². The Morgan fingerprint density at radius 1 is 1.45 bits per heavy atom. The molecule has 0 aliphatic heterocycles. The normalized spacial score (nSPS) is 12.4. The van der Waals surface area contributed by atoms with Crippen molar-refractivity contribution in [3.63, 3.8) is 0 Å². The molecular formula is C14H25N3O2S. The second kappa shape index (κ2) is 8.92. The van der Waals surface area contributed by atoms with Crippen LogP contribution in [0.1, 0.15) is 37.3 Å². The number of urea groups is 1. The van der Waals surface area contributed by atoms with Crippen molar-refractivity contribution in [1.29, 1.82) is 0 Å². The van der Waals surface area contributed by atoms with Crippen molar-refractivity contribution >= 4 is 17.4 Å². The molecule has 0 bridgehead atoms. The van der Waals surface area contributed by atoms with E-state index in [1.165, 1.54) is 0 Å². The minimum atomic E-state index is -0.163. The largest absolute Gasteiger partial charge is 0.396 e. The predicted octanol–water partition coefficient (Wildman–Crippen LogP) is 2.30. The van der Waals surface area contributed by atoms with E-state index in [-0.39, 0.29) is 12.6 Å². The van der Waals surface area contributed by atoms with Gasteiger partial charge in [-0.1, -0.05) is 13.8 Å². The van der Waals surface area contributed by atoms with E-state index in [1.807, 2.05) is 6.92 Å². The zero-order valence-electron chi connectivity index (χ0n) is 12.5. The molecule has 0 spiro atoms. The van der Waals surface area contributed by atoms with E-state index < -0.39 is 0 Å². The quantitative estimate of drug-likeness (QED) is 0.689. The van der Waals surface area contributed by atoms with E-state index in [1.54, 1.807) is 16.8 Å². The molecule has 5 nitrogen and oxygen atoms in total. The molecule has 3 N–H and O–H groups in total. The first kappa shape index (κ1) is 16.9. The van der Waals surface area contributed by atoms with Crippen LogP contribution in [0.15, 0.2) is 5.51 Å². The smallest absolute Gasteiger partial charge is 0.315 e. The molecule has 6 heteroatoms. The Hall–Kier alpha value is -1.14. The van der Waals surface area contributed by atoms with Crippen molar-refractivity contribution in [2.24, 2.45) is 11.8 Å². The molecule has 0 saturated carbocycles. The van der Waals surface area contributed by atoms with Crippen LogP contribution < -0.4 is 10.6 Å². The summed E-state index contributed by atoms with van der Waals surface area (Å²) in [7, 11) is 0. The van der Waals surface area contributed by atoms with Crippen molar-refractivity contribution in [2.75, 3.05) is 13.2 Å². The first-order valence-electron chi connectivity index (χ1n) is 7.04. The third kappa shape index (κ3) is 6.34. The van der Waals surface area contributed by atoms with Gasteiger partial charge in [-0.15, -0.1) is 11.3 Å². The van der Waals surface area contributed by atoms with Gasteiger partial charge in [0.1, 0.15) is 0 Å². The number of hydrogen-bond acceptors (Lipinski definition) is 4. The second-order valence-corrected chi connectivity index (χ2v) is 6.37. The molecule has 0 saturated heterocycles. The number of aliphatic hydroxyl groups excluding tert-OH is 1. The number of thiazole rings is 1.